The monoisotopic (exact) mass is 281 g/mol. The van der Waals surface area contributed by atoms with E-state index >= 15 is 0 Å². The molecule has 1 rings (SSSR count). The second-order valence-corrected chi connectivity index (χ2v) is 6.53. The van der Waals surface area contributed by atoms with Gasteiger partial charge in [0, 0.05) is 16.9 Å². The first-order valence-electron chi connectivity index (χ1n) is 5.37. The van der Waals surface area contributed by atoms with E-state index in [1.807, 2.05) is 20.8 Å². The lowest BCUT2D eigenvalue weighted by atomic mass is 10.1. The number of rotatable bonds is 3. The Kier molecular flexibility index (Phi) is 4.66. The first kappa shape index (κ1) is 15.3. The van der Waals surface area contributed by atoms with Gasteiger partial charge in [-0.3, -0.25) is 4.72 Å². The fourth-order valence-corrected chi connectivity index (χ4v) is 1.93. The van der Waals surface area contributed by atoms with Crippen LogP contribution in [0.2, 0.25) is 0 Å². The number of nitrogens with one attached hydrogen (secondary N) is 1. The van der Waals surface area contributed by atoms with Crippen LogP contribution in [0.1, 0.15) is 31.9 Å². The molecule has 1 aromatic carbocycles. The van der Waals surface area contributed by atoms with Gasteiger partial charge in [0.05, 0.1) is 5.56 Å². The Balaban J connectivity index is 2.79. The predicted octanol–water partition coefficient (Wildman–Crippen LogP) is 4.38. The maximum atomic E-state index is 13.6. The minimum absolute atomic E-state index is 0.0153. The molecule has 0 saturated heterocycles. The van der Waals surface area contributed by atoms with Crippen molar-refractivity contribution in [3.8, 4) is 0 Å². The van der Waals surface area contributed by atoms with E-state index in [1.54, 1.807) is 0 Å². The SMILES string of the molecule is CC(C)(C)SNCc1cccc(C(F)(F)F)c1F. The second-order valence-electron chi connectivity index (χ2n) is 4.81. The van der Waals surface area contributed by atoms with Gasteiger partial charge < -0.3 is 0 Å². The van der Waals surface area contributed by atoms with Crippen molar-refractivity contribution in [1.82, 2.24) is 4.72 Å². The average Bonchev–Trinajstić information content (AvgIpc) is 2.17. The van der Waals surface area contributed by atoms with Crippen molar-refractivity contribution in [3.63, 3.8) is 0 Å². The van der Waals surface area contributed by atoms with Gasteiger partial charge in [-0.25, -0.2) is 4.39 Å². The molecule has 0 heterocycles. The number of benzene rings is 1. The van der Waals surface area contributed by atoms with Crippen molar-refractivity contribution >= 4 is 11.9 Å². The summed E-state index contributed by atoms with van der Waals surface area (Å²) in [6, 6.07) is 3.31. The Morgan fingerprint density at radius 3 is 2.28 bits per heavy atom. The third kappa shape index (κ3) is 4.49. The van der Waals surface area contributed by atoms with Gasteiger partial charge in [-0.2, -0.15) is 13.2 Å². The number of hydrogen-bond acceptors (Lipinski definition) is 2. The van der Waals surface area contributed by atoms with Crippen LogP contribution in [-0.2, 0) is 12.7 Å². The van der Waals surface area contributed by atoms with Crippen LogP contribution in [0.15, 0.2) is 18.2 Å². The molecule has 0 unspecified atom stereocenters. The van der Waals surface area contributed by atoms with Crippen molar-refractivity contribution in [2.45, 2.75) is 38.2 Å². The van der Waals surface area contributed by atoms with Crippen LogP contribution < -0.4 is 4.72 Å². The van der Waals surface area contributed by atoms with E-state index in [-0.39, 0.29) is 16.9 Å². The van der Waals surface area contributed by atoms with Gasteiger partial charge >= 0.3 is 6.18 Å². The fourth-order valence-electron chi connectivity index (χ4n) is 1.27. The van der Waals surface area contributed by atoms with E-state index in [9.17, 15) is 17.6 Å². The largest absolute Gasteiger partial charge is 0.419 e. The molecule has 6 heteroatoms. The second kappa shape index (κ2) is 5.48. The first-order valence-corrected chi connectivity index (χ1v) is 6.18. The molecule has 0 saturated carbocycles. The molecule has 0 bridgehead atoms. The minimum atomic E-state index is -4.66. The molecule has 0 aliphatic heterocycles. The smallest absolute Gasteiger partial charge is 0.259 e. The van der Waals surface area contributed by atoms with Crippen LogP contribution in [-0.4, -0.2) is 4.75 Å². The highest BCUT2D eigenvalue weighted by atomic mass is 32.2. The zero-order valence-corrected chi connectivity index (χ0v) is 11.2. The molecule has 102 valence electrons. The van der Waals surface area contributed by atoms with Crippen molar-refractivity contribution < 1.29 is 17.6 Å². The Bertz CT molecular complexity index is 410. The van der Waals surface area contributed by atoms with Gasteiger partial charge in [-0.05, 0) is 26.8 Å². The summed E-state index contributed by atoms with van der Waals surface area (Å²) >= 11 is 1.35. The molecule has 0 aliphatic rings. The first-order chi connectivity index (χ1) is 8.11. The summed E-state index contributed by atoms with van der Waals surface area (Å²) in [7, 11) is 0. The van der Waals surface area contributed by atoms with Gasteiger partial charge in [-0.15, -0.1) is 0 Å². The molecule has 0 amide bonds. The van der Waals surface area contributed by atoms with Gasteiger partial charge in [-0.1, -0.05) is 24.1 Å². The van der Waals surface area contributed by atoms with E-state index in [0.29, 0.717) is 0 Å². The van der Waals surface area contributed by atoms with Gasteiger partial charge in [0.1, 0.15) is 5.82 Å². The van der Waals surface area contributed by atoms with Gasteiger partial charge in [0.2, 0.25) is 0 Å². The Morgan fingerprint density at radius 2 is 1.78 bits per heavy atom. The molecular weight excluding hydrogens is 266 g/mol. The third-order valence-corrected chi connectivity index (χ3v) is 2.93. The molecule has 1 aromatic rings. The number of hydrogen-bond donors (Lipinski definition) is 1. The highest BCUT2D eigenvalue weighted by molar-refractivity contribution is 7.98. The number of alkyl halides is 3. The highest BCUT2D eigenvalue weighted by Gasteiger charge is 2.34. The fraction of sp³-hybridized carbons (Fsp3) is 0.500. The van der Waals surface area contributed by atoms with Crippen LogP contribution in [0.4, 0.5) is 17.6 Å². The highest BCUT2D eigenvalue weighted by Crippen LogP contribution is 2.32. The van der Waals surface area contributed by atoms with Gasteiger partial charge in [0.25, 0.3) is 0 Å². The van der Waals surface area contributed by atoms with Crippen LogP contribution in [0.25, 0.3) is 0 Å². The normalized spacial score (nSPS) is 12.8. The van der Waals surface area contributed by atoms with Crippen molar-refractivity contribution in [1.29, 1.82) is 0 Å². The lowest BCUT2D eigenvalue weighted by molar-refractivity contribution is -0.140. The Morgan fingerprint density at radius 1 is 1.17 bits per heavy atom. The summed E-state index contributed by atoms with van der Waals surface area (Å²) in [6.45, 7) is 5.91. The summed E-state index contributed by atoms with van der Waals surface area (Å²) in [6.07, 6.45) is -4.66. The van der Waals surface area contributed by atoms with Crippen molar-refractivity contribution in [2.75, 3.05) is 0 Å². The summed E-state index contributed by atoms with van der Waals surface area (Å²) in [4.78, 5) is 0. The van der Waals surface area contributed by atoms with Crippen molar-refractivity contribution in [3.05, 3.63) is 35.1 Å². The summed E-state index contributed by atoms with van der Waals surface area (Å²) in [5.74, 6) is -1.20. The van der Waals surface area contributed by atoms with Crippen molar-refractivity contribution in [2.24, 2.45) is 0 Å². The minimum Gasteiger partial charge on any atom is -0.259 e. The van der Waals surface area contributed by atoms with Gasteiger partial charge in [0.15, 0.2) is 0 Å². The quantitative estimate of drug-likeness (QED) is 0.652. The van der Waals surface area contributed by atoms with E-state index in [4.69, 9.17) is 0 Å². The Labute approximate surface area is 108 Å². The van der Waals surface area contributed by atoms with Crippen LogP contribution in [0.3, 0.4) is 0 Å². The topological polar surface area (TPSA) is 12.0 Å². The zero-order chi connectivity index (χ0) is 14.0. The van der Waals surface area contributed by atoms with E-state index in [1.165, 1.54) is 24.1 Å². The summed E-state index contributed by atoms with van der Waals surface area (Å²) in [5.41, 5.74) is -1.20. The summed E-state index contributed by atoms with van der Waals surface area (Å²) < 4.78 is 53.8. The lowest BCUT2D eigenvalue weighted by Gasteiger charge is -2.18. The van der Waals surface area contributed by atoms with E-state index in [2.05, 4.69) is 4.72 Å². The maximum Gasteiger partial charge on any atom is 0.419 e. The number of halogens is 4. The molecule has 1 nitrogen and oxygen atoms in total. The molecule has 0 atom stereocenters. The predicted molar refractivity (Wildman–Crippen MR) is 65.6 cm³/mol. The molecule has 0 radical (unpaired) electrons. The Hall–Kier alpha value is -0.750. The molecule has 0 spiro atoms. The van der Waals surface area contributed by atoms with Crippen LogP contribution in [0, 0.1) is 5.82 Å². The molecule has 0 aromatic heterocycles. The molecule has 0 aliphatic carbocycles. The molecular formula is C12H15F4NS. The average molecular weight is 281 g/mol. The zero-order valence-electron chi connectivity index (χ0n) is 10.4. The lowest BCUT2D eigenvalue weighted by Crippen LogP contribution is -2.18. The standard InChI is InChI=1S/C12H15F4NS/c1-11(2,3)18-17-7-8-5-4-6-9(10(8)13)12(14,15)16/h4-6,17H,7H2,1-3H3. The van der Waals surface area contributed by atoms with Crippen LogP contribution in [0.5, 0.6) is 0 Å². The molecule has 1 N–H and O–H groups in total. The van der Waals surface area contributed by atoms with E-state index in [0.717, 1.165) is 6.07 Å². The maximum absolute atomic E-state index is 13.6. The van der Waals surface area contributed by atoms with E-state index < -0.39 is 17.6 Å². The van der Waals surface area contributed by atoms with Crippen LogP contribution >= 0.6 is 11.9 Å². The molecule has 18 heavy (non-hydrogen) atoms. The summed E-state index contributed by atoms with van der Waals surface area (Å²) in [5, 5.41) is 0. The molecule has 0 fully saturated rings. The third-order valence-electron chi connectivity index (χ3n) is 2.03.